The summed E-state index contributed by atoms with van der Waals surface area (Å²) < 4.78 is 32.8. The van der Waals surface area contributed by atoms with Gasteiger partial charge >= 0.3 is 0 Å². The topological polar surface area (TPSA) is 49.9 Å². The van der Waals surface area contributed by atoms with E-state index in [0.29, 0.717) is 31.5 Å². The molecule has 2 aromatic carbocycles. The second-order valence-electron chi connectivity index (χ2n) is 8.58. The molecule has 2 aromatic rings. The van der Waals surface area contributed by atoms with Crippen LogP contribution < -0.4 is 0 Å². The van der Waals surface area contributed by atoms with Crippen molar-refractivity contribution in [2.75, 3.05) is 19.7 Å². The Balaban J connectivity index is 1.57. The van der Waals surface area contributed by atoms with Gasteiger partial charge in [-0.25, -0.2) is 8.78 Å². The second kappa shape index (κ2) is 9.36. The number of ether oxygens (including phenoxy) is 1. The number of nitrogens with zero attached hydrogens (tertiary/aromatic N) is 2. The summed E-state index contributed by atoms with van der Waals surface area (Å²) in [4.78, 5) is 30.2. The molecule has 170 valence electrons. The van der Waals surface area contributed by atoms with Crippen molar-refractivity contribution in [2.24, 2.45) is 5.92 Å². The SMILES string of the molecule is CCC(C)C(=O)N1Cc2ccccc2CC1C(=O)N1CCOC(c2ccc(F)c(F)c2)C1. The van der Waals surface area contributed by atoms with Crippen molar-refractivity contribution < 1.29 is 23.1 Å². The van der Waals surface area contributed by atoms with Gasteiger partial charge in [0.1, 0.15) is 12.1 Å². The van der Waals surface area contributed by atoms with Crippen LogP contribution in [0, 0.1) is 17.6 Å². The lowest BCUT2D eigenvalue weighted by atomic mass is 9.91. The minimum Gasteiger partial charge on any atom is -0.370 e. The number of morpholine rings is 1. The lowest BCUT2D eigenvalue weighted by molar-refractivity contribution is -0.153. The monoisotopic (exact) mass is 442 g/mol. The smallest absolute Gasteiger partial charge is 0.245 e. The standard InChI is InChI=1S/C25H28F2N2O3/c1-3-16(2)24(30)29-14-19-7-5-4-6-17(19)13-22(29)25(31)28-10-11-32-23(15-28)18-8-9-20(26)21(27)12-18/h4-9,12,16,22-23H,3,10-11,13-15H2,1-2H3. The average Bonchev–Trinajstić information content (AvgIpc) is 2.83. The maximum absolute atomic E-state index is 13.7. The fourth-order valence-corrected chi connectivity index (χ4v) is 4.41. The van der Waals surface area contributed by atoms with Gasteiger partial charge in [-0.1, -0.05) is 44.2 Å². The van der Waals surface area contributed by atoms with E-state index in [1.165, 1.54) is 6.07 Å². The van der Waals surface area contributed by atoms with E-state index in [1.807, 2.05) is 38.1 Å². The number of carbonyl (C=O) groups is 2. The maximum Gasteiger partial charge on any atom is 0.245 e. The van der Waals surface area contributed by atoms with Gasteiger partial charge in [0.05, 0.1) is 13.2 Å². The first-order valence-electron chi connectivity index (χ1n) is 11.1. The molecule has 2 aliphatic rings. The molecule has 0 bridgehead atoms. The van der Waals surface area contributed by atoms with E-state index in [2.05, 4.69) is 0 Å². The number of hydrogen-bond acceptors (Lipinski definition) is 3. The number of benzene rings is 2. The summed E-state index contributed by atoms with van der Waals surface area (Å²) >= 11 is 0. The van der Waals surface area contributed by atoms with E-state index >= 15 is 0 Å². The summed E-state index contributed by atoms with van der Waals surface area (Å²) in [5.41, 5.74) is 2.63. The highest BCUT2D eigenvalue weighted by atomic mass is 19.2. The predicted molar refractivity (Wildman–Crippen MR) is 116 cm³/mol. The Morgan fingerprint density at radius 1 is 1.12 bits per heavy atom. The van der Waals surface area contributed by atoms with Crippen molar-refractivity contribution in [2.45, 2.75) is 45.4 Å². The Morgan fingerprint density at radius 2 is 1.88 bits per heavy atom. The summed E-state index contributed by atoms with van der Waals surface area (Å²) in [6.07, 6.45) is 0.621. The minimum absolute atomic E-state index is 0.0224. The van der Waals surface area contributed by atoms with Crippen LogP contribution in [-0.4, -0.2) is 47.4 Å². The third-order valence-electron chi connectivity index (χ3n) is 6.54. The normalized spacial score (nSPS) is 21.8. The molecule has 0 aromatic heterocycles. The van der Waals surface area contributed by atoms with Gasteiger partial charge in [-0.3, -0.25) is 9.59 Å². The van der Waals surface area contributed by atoms with Crippen LogP contribution in [0.4, 0.5) is 8.78 Å². The van der Waals surface area contributed by atoms with E-state index in [1.54, 1.807) is 9.80 Å². The van der Waals surface area contributed by atoms with Crippen molar-refractivity contribution in [3.8, 4) is 0 Å². The van der Waals surface area contributed by atoms with Gasteiger partial charge in [-0.15, -0.1) is 0 Å². The summed E-state index contributed by atoms with van der Waals surface area (Å²) in [6.45, 7) is 5.17. The van der Waals surface area contributed by atoms with Crippen LogP contribution in [0.1, 0.15) is 43.1 Å². The van der Waals surface area contributed by atoms with Crippen LogP contribution in [-0.2, 0) is 27.3 Å². The molecular weight excluding hydrogens is 414 g/mol. The molecule has 0 aliphatic carbocycles. The Kier molecular flexibility index (Phi) is 6.55. The number of hydrogen-bond donors (Lipinski definition) is 0. The molecule has 0 saturated carbocycles. The molecule has 3 atom stereocenters. The highest BCUT2D eigenvalue weighted by molar-refractivity contribution is 5.89. The van der Waals surface area contributed by atoms with Gasteiger partial charge in [0.2, 0.25) is 11.8 Å². The molecule has 3 unspecified atom stereocenters. The molecule has 2 heterocycles. The molecule has 7 heteroatoms. The van der Waals surface area contributed by atoms with Crippen molar-refractivity contribution in [1.29, 1.82) is 0 Å². The van der Waals surface area contributed by atoms with Crippen LogP contribution in [0.5, 0.6) is 0 Å². The molecule has 5 nitrogen and oxygen atoms in total. The molecular formula is C25H28F2N2O3. The van der Waals surface area contributed by atoms with E-state index < -0.39 is 23.8 Å². The lowest BCUT2D eigenvalue weighted by Gasteiger charge is -2.41. The zero-order valence-electron chi connectivity index (χ0n) is 18.4. The molecule has 2 amide bonds. The van der Waals surface area contributed by atoms with Crippen LogP contribution in [0.3, 0.4) is 0 Å². The van der Waals surface area contributed by atoms with Crippen LogP contribution in [0.15, 0.2) is 42.5 Å². The minimum atomic E-state index is -0.941. The van der Waals surface area contributed by atoms with E-state index in [-0.39, 0.29) is 30.9 Å². The number of amides is 2. The predicted octanol–water partition coefficient (Wildman–Crippen LogP) is 3.86. The third kappa shape index (κ3) is 4.39. The number of fused-ring (bicyclic) bond motifs is 1. The van der Waals surface area contributed by atoms with Crippen LogP contribution in [0.25, 0.3) is 0 Å². The van der Waals surface area contributed by atoms with Gasteiger partial charge in [0.15, 0.2) is 11.6 Å². The number of halogens is 2. The van der Waals surface area contributed by atoms with Gasteiger partial charge in [0.25, 0.3) is 0 Å². The van der Waals surface area contributed by atoms with Crippen molar-refractivity contribution in [1.82, 2.24) is 9.80 Å². The Morgan fingerprint density at radius 3 is 2.59 bits per heavy atom. The van der Waals surface area contributed by atoms with Crippen molar-refractivity contribution in [3.63, 3.8) is 0 Å². The first-order chi connectivity index (χ1) is 15.4. The van der Waals surface area contributed by atoms with Gasteiger partial charge in [0, 0.05) is 25.4 Å². The van der Waals surface area contributed by atoms with Crippen molar-refractivity contribution in [3.05, 3.63) is 70.8 Å². The van der Waals surface area contributed by atoms with Crippen LogP contribution >= 0.6 is 0 Å². The van der Waals surface area contributed by atoms with Gasteiger partial charge in [-0.2, -0.15) is 0 Å². The van der Waals surface area contributed by atoms with Gasteiger partial charge < -0.3 is 14.5 Å². The first-order valence-corrected chi connectivity index (χ1v) is 11.1. The first kappa shape index (κ1) is 22.4. The summed E-state index contributed by atoms with van der Waals surface area (Å²) in [7, 11) is 0. The summed E-state index contributed by atoms with van der Waals surface area (Å²) in [5, 5.41) is 0. The molecule has 4 rings (SSSR count). The highest BCUT2D eigenvalue weighted by Crippen LogP contribution is 2.29. The molecule has 1 saturated heterocycles. The Labute approximate surface area is 187 Å². The molecule has 32 heavy (non-hydrogen) atoms. The lowest BCUT2D eigenvalue weighted by Crippen LogP contribution is -2.56. The molecule has 0 N–H and O–H groups in total. The van der Waals surface area contributed by atoms with Crippen molar-refractivity contribution >= 4 is 11.8 Å². The molecule has 0 spiro atoms. The maximum atomic E-state index is 13.7. The van der Waals surface area contributed by atoms with E-state index in [0.717, 1.165) is 23.3 Å². The molecule has 2 aliphatic heterocycles. The van der Waals surface area contributed by atoms with Crippen LogP contribution in [0.2, 0.25) is 0 Å². The third-order valence-corrected chi connectivity index (χ3v) is 6.54. The molecule has 1 fully saturated rings. The Hall–Kier alpha value is -2.80. The zero-order valence-corrected chi connectivity index (χ0v) is 18.4. The molecule has 0 radical (unpaired) electrons. The average molecular weight is 443 g/mol. The second-order valence-corrected chi connectivity index (χ2v) is 8.58. The summed E-state index contributed by atoms with van der Waals surface area (Å²) in [6, 6.07) is 11.0. The summed E-state index contributed by atoms with van der Waals surface area (Å²) in [5.74, 6) is -2.19. The zero-order chi connectivity index (χ0) is 22.8. The Bertz CT molecular complexity index is 1010. The number of rotatable bonds is 4. The quantitative estimate of drug-likeness (QED) is 0.723. The largest absolute Gasteiger partial charge is 0.370 e. The fraction of sp³-hybridized carbons (Fsp3) is 0.440. The number of carbonyl (C=O) groups excluding carboxylic acids is 2. The fourth-order valence-electron chi connectivity index (χ4n) is 4.41. The highest BCUT2D eigenvalue weighted by Gasteiger charge is 2.39. The van der Waals surface area contributed by atoms with Gasteiger partial charge in [-0.05, 0) is 35.2 Å². The van der Waals surface area contributed by atoms with E-state index in [9.17, 15) is 18.4 Å². The van der Waals surface area contributed by atoms with E-state index in [4.69, 9.17) is 4.74 Å².